The van der Waals surface area contributed by atoms with Crippen molar-refractivity contribution in [3.63, 3.8) is 0 Å². The zero-order valence-corrected chi connectivity index (χ0v) is 14.3. The minimum Gasteiger partial charge on any atom is -0.351 e. The van der Waals surface area contributed by atoms with Crippen molar-refractivity contribution in [2.75, 3.05) is 4.90 Å². The number of benzene rings is 2. The number of carbonyl (C=O) groups excluding carboxylic acids is 1. The van der Waals surface area contributed by atoms with Gasteiger partial charge in [0.2, 0.25) is 0 Å². The van der Waals surface area contributed by atoms with E-state index in [9.17, 15) is 13.6 Å². The summed E-state index contributed by atoms with van der Waals surface area (Å²) in [5, 5.41) is 0.478. The van der Waals surface area contributed by atoms with Crippen LogP contribution in [0.2, 0.25) is 5.02 Å². The predicted octanol–water partition coefficient (Wildman–Crippen LogP) is 4.77. The van der Waals surface area contributed by atoms with Crippen LogP contribution in [-0.2, 0) is 6.54 Å². The summed E-state index contributed by atoms with van der Waals surface area (Å²) in [6, 6.07) is 14.0. The average molecular weight is 374 g/mol. The van der Waals surface area contributed by atoms with Gasteiger partial charge in [0.05, 0.1) is 12.2 Å². The van der Waals surface area contributed by atoms with Crippen LogP contribution < -0.4 is 10.6 Å². The SMILES string of the molecule is NC(=O)N(Cc1ccccc1Cl)c1cccc(-c2cc(F)ccc2F)n1. The van der Waals surface area contributed by atoms with E-state index < -0.39 is 17.7 Å². The van der Waals surface area contributed by atoms with Gasteiger partial charge in [0, 0.05) is 10.6 Å². The van der Waals surface area contributed by atoms with Gasteiger partial charge in [0.1, 0.15) is 17.5 Å². The molecule has 3 aromatic rings. The number of anilines is 1. The van der Waals surface area contributed by atoms with Gasteiger partial charge in [-0.25, -0.2) is 18.6 Å². The minimum atomic E-state index is -0.741. The molecule has 0 aliphatic rings. The highest BCUT2D eigenvalue weighted by atomic mass is 35.5. The van der Waals surface area contributed by atoms with Crippen LogP contribution in [-0.4, -0.2) is 11.0 Å². The number of aromatic nitrogens is 1. The van der Waals surface area contributed by atoms with E-state index in [1.54, 1.807) is 36.4 Å². The maximum Gasteiger partial charge on any atom is 0.320 e. The lowest BCUT2D eigenvalue weighted by atomic mass is 10.1. The minimum absolute atomic E-state index is 0.00554. The molecule has 0 atom stereocenters. The van der Waals surface area contributed by atoms with Gasteiger partial charge in [-0.15, -0.1) is 0 Å². The third kappa shape index (κ3) is 3.81. The molecule has 0 unspecified atom stereocenters. The molecule has 1 heterocycles. The van der Waals surface area contributed by atoms with Crippen molar-refractivity contribution in [2.45, 2.75) is 6.54 Å². The molecule has 0 saturated carbocycles. The first kappa shape index (κ1) is 17.8. The van der Waals surface area contributed by atoms with Gasteiger partial charge in [-0.2, -0.15) is 0 Å². The molecule has 7 heteroatoms. The molecule has 0 fully saturated rings. The number of hydrogen-bond acceptors (Lipinski definition) is 2. The third-order valence-electron chi connectivity index (χ3n) is 3.77. The van der Waals surface area contributed by atoms with Crippen molar-refractivity contribution in [3.8, 4) is 11.3 Å². The second-order valence-electron chi connectivity index (χ2n) is 5.52. The second-order valence-corrected chi connectivity index (χ2v) is 5.93. The molecule has 4 nitrogen and oxygen atoms in total. The quantitative estimate of drug-likeness (QED) is 0.716. The number of halogens is 3. The molecule has 0 aliphatic carbocycles. The van der Waals surface area contributed by atoms with Crippen LogP contribution in [0.15, 0.2) is 60.7 Å². The zero-order chi connectivity index (χ0) is 18.7. The normalized spacial score (nSPS) is 10.6. The average Bonchev–Trinajstić information content (AvgIpc) is 2.63. The van der Waals surface area contributed by atoms with E-state index in [1.807, 2.05) is 0 Å². The highest BCUT2D eigenvalue weighted by Gasteiger charge is 2.17. The Morgan fingerprint density at radius 1 is 1.08 bits per heavy atom. The summed E-state index contributed by atoms with van der Waals surface area (Å²) in [5.41, 5.74) is 6.34. The smallest absolute Gasteiger partial charge is 0.320 e. The Hall–Kier alpha value is -2.99. The number of primary amides is 1. The summed E-state index contributed by atoms with van der Waals surface area (Å²) in [6.45, 7) is 0.0943. The van der Waals surface area contributed by atoms with Crippen LogP contribution in [0.5, 0.6) is 0 Å². The Labute approximate surface area is 153 Å². The summed E-state index contributed by atoms with van der Waals surface area (Å²) in [4.78, 5) is 17.4. The molecule has 2 amide bonds. The van der Waals surface area contributed by atoms with Crippen LogP contribution in [0.25, 0.3) is 11.3 Å². The van der Waals surface area contributed by atoms with Crippen molar-refractivity contribution >= 4 is 23.4 Å². The Morgan fingerprint density at radius 2 is 1.85 bits per heavy atom. The standard InChI is InChI=1S/C19H14ClF2N3O/c20-15-5-2-1-4-12(15)11-25(19(23)26)18-7-3-6-17(24-18)14-10-13(21)8-9-16(14)22/h1-10H,11H2,(H2,23,26). The van der Waals surface area contributed by atoms with Crippen molar-refractivity contribution in [2.24, 2.45) is 5.73 Å². The van der Waals surface area contributed by atoms with E-state index in [0.717, 1.165) is 18.2 Å². The number of rotatable bonds is 4. The molecule has 0 spiro atoms. The fourth-order valence-corrected chi connectivity index (χ4v) is 2.68. The van der Waals surface area contributed by atoms with Crippen molar-refractivity contribution in [3.05, 3.63) is 82.9 Å². The number of pyridine rings is 1. The van der Waals surface area contributed by atoms with E-state index in [2.05, 4.69) is 4.98 Å². The van der Waals surface area contributed by atoms with Gasteiger partial charge in [0.15, 0.2) is 0 Å². The molecule has 0 bridgehead atoms. The summed E-state index contributed by atoms with van der Waals surface area (Å²) < 4.78 is 27.5. The van der Waals surface area contributed by atoms with Gasteiger partial charge in [-0.1, -0.05) is 35.9 Å². The van der Waals surface area contributed by atoms with Crippen LogP contribution in [0.4, 0.5) is 19.4 Å². The number of amides is 2. The molecule has 26 heavy (non-hydrogen) atoms. The lowest BCUT2D eigenvalue weighted by molar-refractivity contribution is 0.253. The maximum absolute atomic E-state index is 14.0. The number of hydrogen-bond donors (Lipinski definition) is 1. The van der Waals surface area contributed by atoms with Crippen LogP contribution in [0, 0.1) is 11.6 Å². The Kier molecular flexibility index (Phi) is 5.14. The largest absolute Gasteiger partial charge is 0.351 e. The molecule has 1 aromatic heterocycles. The summed E-state index contributed by atoms with van der Waals surface area (Å²) >= 11 is 6.14. The second kappa shape index (κ2) is 7.49. The fourth-order valence-electron chi connectivity index (χ4n) is 2.49. The zero-order valence-electron chi connectivity index (χ0n) is 13.5. The van der Waals surface area contributed by atoms with Crippen molar-refractivity contribution in [1.29, 1.82) is 0 Å². The number of nitrogens with two attached hydrogens (primary N) is 1. The molecule has 0 aliphatic heterocycles. The van der Waals surface area contributed by atoms with Gasteiger partial charge in [-0.05, 0) is 42.0 Å². The lowest BCUT2D eigenvalue weighted by Crippen LogP contribution is -2.36. The molecule has 132 valence electrons. The number of urea groups is 1. The summed E-state index contributed by atoms with van der Waals surface area (Å²) in [6.07, 6.45) is 0. The Bertz CT molecular complexity index is 965. The van der Waals surface area contributed by atoms with Crippen LogP contribution in [0.3, 0.4) is 0 Å². The molecule has 2 N–H and O–H groups in total. The van der Waals surface area contributed by atoms with Crippen LogP contribution in [0.1, 0.15) is 5.56 Å². The van der Waals surface area contributed by atoms with Crippen LogP contribution >= 0.6 is 11.6 Å². The molecule has 0 saturated heterocycles. The number of nitrogens with zero attached hydrogens (tertiary/aromatic N) is 2. The van der Waals surface area contributed by atoms with Gasteiger partial charge < -0.3 is 5.73 Å². The van der Waals surface area contributed by atoms with Gasteiger partial charge in [-0.3, -0.25) is 4.90 Å². The number of carbonyl (C=O) groups is 1. The Balaban J connectivity index is 2.00. The monoisotopic (exact) mass is 373 g/mol. The van der Waals surface area contributed by atoms with Gasteiger partial charge in [0.25, 0.3) is 0 Å². The highest BCUT2D eigenvalue weighted by molar-refractivity contribution is 6.31. The highest BCUT2D eigenvalue weighted by Crippen LogP contribution is 2.26. The fraction of sp³-hybridized carbons (Fsp3) is 0.0526. The maximum atomic E-state index is 14.0. The van der Waals surface area contributed by atoms with E-state index in [0.29, 0.717) is 10.6 Å². The van der Waals surface area contributed by atoms with Crippen molar-refractivity contribution < 1.29 is 13.6 Å². The van der Waals surface area contributed by atoms with E-state index >= 15 is 0 Å². The van der Waals surface area contributed by atoms with E-state index in [1.165, 1.54) is 11.0 Å². The lowest BCUT2D eigenvalue weighted by Gasteiger charge is -2.20. The van der Waals surface area contributed by atoms with E-state index in [-0.39, 0.29) is 23.6 Å². The molecule has 0 radical (unpaired) electrons. The predicted molar refractivity (Wildman–Crippen MR) is 96.8 cm³/mol. The molecular weight excluding hydrogens is 360 g/mol. The van der Waals surface area contributed by atoms with Crippen molar-refractivity contribution in [1.82, 2.24) is 4.98 Å². The van der Waals surface area contributed by atoms with Gasteiger partial charge >= 0.3 is 6.03 Å². The Morgan fingerprint density at radius 3 is 2.58 bits per heavy atom. The summed E-state index contributed by atoms with van der Waals surface area (Å²) in [5.74, 6) is -0.997. The first-order valence-corrected chi connectivity index (χ1v) is 8.06. The van der Waals surface area contributed by atoms with E-state index in [4.69, 9.17) is 17.3 Å². The summed E-state index contributed by atoms with van der Waals surface area (Å²) in [7, 11) is 0. The first-order chi connectivity index (χ1) is 12.5. The molecule has 3 rings (SSSR count). The molecular formula is C19H14ClF2N3O. The molecule has 2 aromatic carbocycles. The topological polar surface area (TPSA) is 59.2 Å². The third-order valence-corrected chi connectivity index (χ3v) is 4.14. The first-order valence-electron chi connectivity index (χ1n) is 7.68.